The van der Waals surface area contributed by atoms with Crippen molar-refractivity contribution in [1.82, 2.24) is 15.3 Å². The van der Waals surface area contributed by atoms with E-state index in [2.05, 4.69) is 53.3 Å². The molecule has 3 aliphatic carbocycles. The molecule has 3 aromatic carbocycles. The summed E-state index contributed by atoms with van der Waals surface area (Å²) < 4.78 is 6.52. The van der Waals surface area contributed by atoms with Gasteiger partial charge >= 0.3 is 0 Å². The number of ether oxygens (including phenoxy) is 1. The largest absolute Gasteiger partial charge is 0.664 e. The molecule has 2 aliphatic heterocycles. The monoisotopic (exact) mass is 954 g/mol. The van der Waals surface area contributed by atoms with Gasteiger partial charge in [-0.2, -0.15) is 6.20 Å². The smallest absolute Gasteiger partial charge is 0.161 e. The summed E-state index contributed by atoms with van der Waals surface area (Å²) in [4.78, 5) is 39.2. The molecule has 6 N–H and O–H groups in total. The van der Waals surface area contributed by atoms with Gasteiger partial charge in [-0.15, -0.1) is 5.69 Å². The number of rotatable bonds is 10. The fraction of sp³-hybridized carbons (Fsp3) is 0.433. The zero-order valence-electron chi connectivity index (χ0n) is 40.7. The van der Waals surface area contributed by atoms with Crippen LogP contribution < -0.4 is 15.0 Å². The van der Waals surface area contributed by atoms with Crippen LogP contribution in [0.1, 0.15) is 126 Å². The molecule has 0 saturated heterocycles. The summed E-state index contributed by atoms with van der Waals surface area (Å²) in [5, 5.41) is 54.6. The quantitative estimate of drug-likeness (QED) is 0.0452. The van der Waals surface area contributed by atoms with Crippen molar-refractivity contribution in [2.24, 2.45) is 23.7 Å². The topological polar surface area (TPSA) is 180 Å². The number of ketones is 2. The van der Waals surface area contributed by atoms with Gasteiger partial charge in [0.15, 0.2) is 17.3 Å². The van der Waals surface area contributed by atoms with Gasteiger partial charge in [-0.3, -0.25) is 9.59 Å². The Morgan fingerprint density at radius 3 is 2.59 bits per heavy atom. The molecule has 5 aromatic rings. The van der Waals surface area contributed by atoms with E-state index in [1.165, 1.54) is 0 Å². The fourth-order valence-electron chi connectivity index (χ4n) is 11.9. The first-order valence-corrected chi connectivity index (χ1v) is 26.0. The highest BCUT2D eigenvalue weighted by molar-refractivity contribution is 6.05. The van der Waals surface area contributed by atoms with E-state index < -0.39 is 35.8 Å². The number of nitrogens with one attached hydrogen (secondary N) is 2. The number of aromatic hydroxyl groups is 2. The number of allylic oxidation sites excluding steroid dienone is 1. The number of aromatic nitrogens is 2. The van der Waals surface area contributed by atoms with Gasteiger partial charge in [0, 0.05) is 49.1 Å². The van der Waals surface area contributed by atoms with Crippen molar-refractivity contribution in [2.45, 2.75) is 121 Å². The third-order valence-electron chi connectivity index (χ3n) is 15.7. The molecule has 1 fully saturated rings. The Morgan fingerprint density at radius 2 is 1.75 bits per heavy atom. The maximum atomic E-state index is 16.0. The van der Waals surface area contributed by atoms with E-state index in [1.54, 1.807) is 12.3 Å². The number of aryl methyl sites for hydroxylation is 2. The van der Waals surface area contributed by atoms with Crippen molar-refractivity contribution in [2.75, 3.05) is 19.7 Å². The molecular formula is C60H66N4O7-2. The number of carbonyl (C=O) groups excluding carboxylic acids is 2. The Morgan fingerprint density at radius 1 is 0.887 bits per heavy atom. The van der Waals surface area contributed by atoms with E-state index in [9.17, 15) is 25.2 Å². The number of aliphatic hydroxyl groups is 2. The molecular weight excluding hydrogens is 889 g/mol. The lowest BCUT2D eigenvalue weighted by molar-refractivity contribution is -0.135. The molecule has 0 amide bonds. The molecule has 1 saturated carbocycles. The predicted molar refractivity (Wildman–Crippen MR) is 276 cm³/mol. The first-order valence-electron chi connectivity index (χ1n) is 26.0. The Kier molecular flexibility index (Phi) is 14.7. The van der Waals surface area contributed by atoms with Gasteiger partial charge in [0.1, 0.15) is 11.5 Å². The lowest BCUT2D eigenvalue weighted by Crippen LogP contribution is -2.39. The number of Topliss-reactive ketones (excluding diaryl/α,β-unsaturated/α-hetero) is 2. The van der Waals surface area contributed by atoms with Crippen LogP contribution in [0.5, 0.6) is 17.2 Å². The number of H-pyrrole nitrogens is 1. The molecule has 2 aromatic heterocycles. The normalized spacial score (nSPS) is 24.4. The highest BCUT2D eigenvalue weighted by atomic mass is 16.5. The van der Waals surface area contributed by atoms with Gasteiger partial charge in [0.2, 0.25) is 0 Å². The zero-order chi connectivity index (χ0) is 49.0. The minimum Gasteiger partial charge on any atom is -0.664 e. The number of hydrogen-bond acceptors (Lipinski definition) is 8. The summed E-state index contributed by atoms with van der Waals surface area (Å²) >= 11 is 0. The summed E-state index contributed by atoms with van der Waals surface area (Å²) in [5.41, 5.74) is 9.57. The van der Waals surface area contributed by atoms with E-state index in [0.29, 0.717) is 61.4 Å². The number of benzene rings is 3. The van der Waals surface area contributed by atoms with E-state index in [0.717, 1.165) is 102 Å². The van der Waals surface area contributed by atoms with Crippen LogP contribution in [0, 0.1) is 35.5 Å². The summed E-state index contributed by atoms with van der Waals surface area (Å²) in [6.07, 6.45) is 17.4. The van der Waals surface area contributed by atoms with Crippen LogP contribution in [0.4, 0.5) is 5.82 Å². The van der Waals surface area contributed by atoms with Crippen LogP contribution in [0.2, 0.25) is 0 Å². The predicted octanol–water partition coefficient (Wildman–Crippen LogP) is 9.34. The maximum absolute atomic E-state index is 16.0. The van der Waals surface area contributed by atoms with Gasteiger partial charge in [0.25, 0.3) is 0 Å². The molecule has 11 heteroatoms. The Hall–Kier alpha value is -6.32. The number of aliphatic hydroxyl groups excluding tert-OH is 2. The number of carbonyl (C=O) groups is 2. The molecule has 5 bridgehead atoms. The molecule has 370 valence electrons. The zero-order valence-corrected chi connectivity index (χ0v) is 40.7. The average molecular weight is 955 g/mol. The lowest BCUT2D eigenvalue weighted by Gasteiger charge is -2.40. The first-order chi connectivity index (χ1) is 34.6. The highest BCUT2D eigenvalue weighted by Gasteiger charge is 2.43. The third-order valence-corrected chi connectivity index (χ3v) is 15.7. The van der Waals surface area contributed by atoms with Crippen molar-refractivity contribution in [3.05, 3.63) is 146 Å². The molecule has 11 nitrogen and oxygen atoms in total. The summed E-state index contributed by atoms with van der Waals surface area (Å²) in [6, 6.07) is 18.9. The molecule has 0 spiro atoms. The standard InChI is InChI=1S/C60H66N4O7/c1-2-23-61-35-42-16-18-51-50-34-52-47(21-25-62-52)49(30-36-10-14-39-6-5-9-53(66)46(39)17-12-36)57(50)59(70)48(22-26-65)54(67)19-13-38-29-44(58(69)56(31-38)71-45-7-3-4-8-45)28-37-11-15-40(33-55(42)68)43(27-37)32-41-20-24-63-60(41)64-51/h5-6,9,11-12,15,17,20-21,24-25,27,29,31,34,36,42,45,48-49,51,55,57,61,63,65-66,68-69H,2-4,7-8,10,13-14,19,22-23,26,28,30,32-33,35H2,1H3/q-2. The molecule has 0 radical (unpaired) electrons. The molecule has 7 atom stereocenters. The second-order valence-corrected chi connectivity index (χ2v) is 20.5. The van der Waals surface area contributed by atoms with Crippen LogP contribution in [0.3, 0.4) is 0 Å². The Balaban J connectivity index is 1.14. The minimum absolute atomic E-state index is 0.00141. The van der Waals surface area contributed by atoms with Crippen molar-refractivity contribution < 1.29 is 34.8 Å². The first kappa shape index (κ1) is 48.3. The van der Waals surface area contributed by atoms with Gasteiger partial charge in [-0.25, -0.2) is 0 Å². The Bertz CT molecular complexity index is 2870. The summed E-state index contributed by atoms with van der Waals surface area (Å²) in [5.74, 6) is 4.90. The molecule has 5 aliphatic rings. The minimum atomic E-state index is -1.13. The molecule has 71 heavy (non-hydrogen) atoms. The van der Waals surface area contributed by atoms with Crippen LogP contribution in [0.25, 0.3) is 17.5 Å². The van der Waals surface area contributed by atoms with E-state index in [-0.39, 0.29) is 54.5 Å². The summed E-state index contributed by atoms with van der Waals surface area (Å²) in [7, 11) is 0. The van der Waals surface area contributed by atoms with Gasteiger partial charge in [-0.05, 0) is 147 Å². The molecule has 7 unspecified atom stereocenters. The second kappa shape index (κ2) is 21.6. The van der Waals surface area contributed by atoms with Crippen LogP contribution in [-0.2, 0) is 41.7 Å². The van der Waals surface area contributed by atoms with Crippen LogP contribution >= 0.6 is 0 Å². The number of fused-ring (bicyclic) bond motifs is 8. The fourth-order valence-corrected chi connectivity index (χ4v) is 11.9. The SMILES string of the molecule is CCCNCC1C#CC2[N-]c3[nH]ccc3Cc3cc(ccc3CC1O)Cc1cc(cc(OC3CCCC3)c1O)CCC(=O)C(CCO)C(=O)C1C2=Cc2[n-]ccc2C1CC1C=Cc2c(O)cccc2CC1. The lowest BCUT2D eigenvalue weighted by atomic mass is 9.66. The third kappa shape index (κ3) is 10.5. The van der Waals surface area contributed by atoms with Crippen LogP contribution in [0.15, 0.2) is 84.7 Å². The van der Waals surface area contributed by atoms with Crippen molar-refractivity contribution in [1.29, 1.82) is 0 Å². The van der Waals surface area contributed by atoms with Crippen molar-refractivity contribution in [3.63, 3.8) is 0 Å². The second-order valence-electron chi connectivity index (χ2n) is 20.5. The van der Waals surface area contributed by atoms with Gasteiger partial charge in [-0.1, -0.05) is 103 Å². The van der Waals surface area contributed by atoms with Gasteiger partial charge < -0.3 is 45.8 Å². The van der Waals surface area contributed by atoms with Crippen LogP contribution in [-0.4, -0.2) is 74.9 Å². The summed E-state index contributed by atoms with van der Waals surface area (Å²) in [6.45, 7) is 2.93. The number of aromatic amines is 1. The van der Waals surface area contributed by atoms with E-state index in [4.69, 9.17) is 15.0 Å². The molecule has 4 heterocycles. The van der Waals surface area contributed by atoms with Crippen molar-refractivity contribution in [3.8, 4) is 29.1 Å². The van der Waals surface area contributed by atoms with Gasteiger partial charge in [0.05, 0.1) is 24.0 Å². The average Bonchev–Trinajstić information content (AvgIpc) is 4.14. The maximum Gasteiger partial charge on any atom is 0.161 e. The van der Waals surface area contributed by atoms with E-state index in [1.807, 2.05) is 54.7 Å². The number of nitrogens with zero attached hydrogens (tertiary/aromatic N) is 2. The number of phenols is 2. The number of phenolic OH excluding ortho intramolecular Hbond substituents is 2. The van der Waals surface area contributed by atoms with E-state index >= 15 is 4.79 Å². The van der Waals surface area contributed by atoms with Crippen molar-refractivity contribution >= 4 is 29.5 Å². The number of hydrogen-bond donors (Lipinski definition) is 6. The Labute approximate surface area is 417 Å². The molecule has 10 rings (SSSR count). The highest BCUT2D eigenvalue weighted by Crippen LogP contribution is 2.48.